The first-order valence-corrected chi connectivity index (χ1v) is 6.58. The second-order valence-corrected chi connectivity index (χ2v) is 4.87. The smallest absolute Gasteiger partial charge is 0.358 e. The van der Waals surface area contributed by atoms with Crippen LogP contribution in [0.15, 0.2) is 35.4 Å². The van der Waals surface area contributed by atoms with Crippen molar-refractivity contribution in [1.82, 2.24) is 15.0 Å². The summed E-state index contributed by atoms with van der Waals surface area (Å²) in [6.07, 6.45) is 1.43. The Balaban J connectivity index is 1.86. The van der Waals surface area contributed by atoms with E-state index < -0.39 is 5.97 Å². The molecule has 1 aromatic heterocycles. The highest BCUT2D eigenvalue weighted by Gasteiger charge is 2.07. The van der Waals surface area contributed by atoms with Gasteiger partial charge in [0.15, 0.2) is 5.69 Å². The molecule has 0 aliphatic carbocycles. The van der Waals surface area contributed by atoms with Gasteiger partial charge in [0.2, 0.25) is 0 Å². The van der Waals surface area contributed by atoms with Crippen LogP contribution in [-0.2, 0) is 6.54 Å². The molecule has 1 heterocycles. The monoisotopic (exact) mass is 279 g/mol. The maximum Gasteiger partial charge on any atom is 0.358 e. The van der Waals surface area contributed by atoms with E-state index in [1.807, 2.05) is 24.3 Å². The molecule has 0 aliphatic heterocycles. The van der Waals surface area contributed by atoms with Crippen molar-refractivity contribution in [2.75, 3.05) is 12.9 Å². The fourth-order valence-corrected chi connectivity index (χ4v) is 2.34. The molecule has 0 radical (unpaired) electrons. The predicted molar refractivity (Wildman–Crippen MR) is 70.7 cm³/mol. The SMILES string of the molecule is COc1cccc(SCCn2cc(C(=O)O)nn2)c1. The number of carboxylic acids is 1. The van der Waals surface area contributed by atoms with Crippen LogP contribution in [0.3, 0.4) is 0 Å². The van der Waals surface area contributed by atoms with Crippen LogP contribution < -0.4 is 4.74 Å². The van der Waals surface area contributed by atoms with Gasteiger partial charge in [0.25, 0.3) is 0 Å². The summed E-state index contributed by atoms with van der Waals surface area (Å²) in [5, 5.41) is 16.0. The minimum atomic E-state index is -1.06. The molecule has 0 spiro atoms. The molecule has 0 aliphatic rings. The van der Waals surface area contributed by atoms with Gasteiger partial charge in [-0.05, 0) is 18.2 Å². The molecule has 19 heavy (non-hydrogen) atoms. The van der Waals surface area contributed by atoms with Gasteiger partial charge in [-0.2, -0.15) is 0 Å². The summed E-state index contributed by atoms with van der Waals surface area (Å²) >= 11 is 1.65. The van der Waals surface area contributed by atoms with Crippen molar-refractivity contribution in [3.63, 3.8) is 0 Å². The second-order valence-electron chi connectivity index (χ2n) is 3.70. The third kappa shape index (κ3) is 3.72. The summed E-state index contributed by atoms with van der Waals surface area (Å²) in [5.41, 5.74) is -0.0358. The number of ether oxygens (including phenoxy) is 1. The average Bonchev–Trinajstić information content (AvgIpc) is 2.88. The number of methoxy groups -OCH3 is 1. The highest BCUT2D eigenvalue weighted by atomic mass is 32.2. The number of thioether (sulfide) groups is 1. The van der Waals surface area contributed by atoms with Gasteiger partial charge in [0.05, 0.1) is 19.9 Å². The van der Waals surface area contributed by atoms with Crippen molar-refractivity contribution in [1.29, 1.82) is 0 Å². The van der Waals surface area contributed by atoms with Crippen LogP contribution in [0.4, 0.5) is 0 Å². The van der Waals surface area contributed by atoms with Gasteiger partial charge in [-0.3, -0.25) is 4.68 Å². The lowest BCUT2D eigenvalue weighted by molar-refractivity contribution is 0.0690. The molecular weight excluding hydrogens is 266 g/mol. The Morgan fingerprint density at radius 1 is 1.53 bits per heavy atom. The maximum absolute atomic E-state index is 10.6. The molecule has 6 nitrogen and oxygen atoms in total. The zero-order valence-corrected chi connectivity index (χ0v) is 11.1. The number of nitrogens with zero attached hydrogens (tertiary/aromatic N) is 3. The Morgan fingerprint density at radius 3 is 3.05 bits per heavy atom. The van der Waals surface area contributed by atoms with Crippen LogP contribution in [-0.4, -0.2) is 38.9 Å². The molecule has 0 unspecified atom stereocenters. The number of hydrogen-bond donors (Lipinski definition) is 1. The Labute approximate surface area is 114 Å². The zero-order valence-electron chi connectivity index (χ0n) is 10.3. The summed E-state index contributed by atoms with van der Waals surface area (Å²) in [4.78, 5) is 11.7. The molecule has 7 heteroatoms. The van der Waals surface area contributed by atoms with Gasteiger partial charge in [0, 0.05) is 10.6 Å². The predicted octanol–water partition coefficient (Wildman–Crippen LogP) is 1.78. The summed E-state index contributed by atoms with van der Waals surface area (Å²) in [5.74, 6) is 0.529. The molecule has 1 aromatic carbocycles. The third-order valence-electron chi connectivity index (χ3n) is 2.39. The standard InChI is InChI=1S/C12H13N3O3S/c1-18-9-3-2-4-10(7-9)19-6-5-15-8-11(12(16)17)13-14-15/h2-4,7-8H,5-6H2,1H3,(H,16,17). The van der Waals surface area contributed by atoms with Gasteiger partial charge in [0.1, 0.15) is 5.75 Å². The van der Waals surface area contributed by atoms with Crippen molar-refractivity contribution < 1.29 is 14.6 Å². The fourth-order valence-electron chi connectivity index (χ4n) is 1.45. The molecule has 100 valence electrons. The average molecular weight is 279 g/mol. The van der Waals surface area contributed by atoms with Crippen LogP contribution in [0.5, 0.6) is 5.75 Å². The lowest BCUT2D eigenvalue weighted by atomic mass is 10.3. The van der Waals surface area contributed by atoms with E-state index in [-0.39, 0.29) is 5.69 Å². The third-order valence-corrected chi connectivity index (χ3v) is 3.36. The number of carboxylic acid groups (broad SMARTS) is 1. The lowest BCUT2D eigenvalue weighted by Gasteiger charge is -2.04. The Hall–Kier alpha value is -2.02. The van der Waals surface area contributed by atoms with Crippen LogP contribution in [0, 0.1) is 0 Å². The summed E-state index contributed by atoms with van der Waals surface area (Å²) < 4.78 is 6.67. The van der Waals surface area contributed by atoms with Crippen molar-refractivity contribution in [3.05, 3.63) is 36.2 Å². The first-order chi connectivity index (χ1) is 9.19. The topological polar surface area (TPSA) is 77.2 Å². The minimum absolute atomic E-state index is 0.0358. The van der Waals surface area contributed by atoms with Crippen LogP contribution in [0.1, 0.15) is 10.5 Å². The van der Waals surface area contributed by atoms with Gasteiger partial charge >= 0.3 is 5.97 Å². The molecule has 0 atom stereocenters. The molecule has 2 aromatic rings. The van der Waals surface area contributed by atoms with Crippen LogP contribution in [0.2, 0.25) is 0 Å². The van der Waals surface area contributed by atoms with Crippen LogP contribution >= 0.6 is 11.8 Å². The molecule has 0 saturated carbocycles. The van der Waals surface area contributed by atoms with Gasteiger partial charge in [-0.1, -0.05) is 11.3 Å². The van der Waals surface area contributed by atoms with Crippen molar-refractivity contribution in [2.24, 2.45) is 0 Å². The van der Waals surface area contributed by atoms with E-state index >= 15 is 0 Å². The minimum Gasteiger partial charge on any atom is -0.497 e. The molecule has 2 rings (SSSR count). The van der Waals surface area contributed by atoms with E-state index in [4.69, 9.17) is 9.84 Å². The molecule has 0 bridgehead atoms. The van der Waals surface area contributed by atoms with E-state index in [2.05, 4.69) is 10.3 Å². The number of hydrogen-bond acceptors (Lipinski definition) is 5. The van der Waals surface area contributed by atoms with Gasteiger partial charge < -0.3 is 9.84 Å². The number of aryl methyl sites for hydroxylation is 1. The molecule has 0 amide bonds. The molecule has 0 fully saturated rings. The number of aromatic carboxylic acids is 1. The molecular formula is C12H13N3O3S. The number of benzene rings is 1. The highest BCUT2D eigenvalue weighted by molar-refractivity contribution is 7.99. The first kappa shape index (κ1) is 13.4. The Kier molecular flexibility index (Phi) is 4.40. The van der Waals surface area contributed by atoms with E-state index in [1.54, 1.807) is 18.9 Å². The second kappa shape index (κ2) is 6.24. The largest absolute Gasteiger partial charge is 0.497 e. The zero-order chi connectivity index (χ0) is 13.7. The number of carbonyl (C=O) groups is 1. The Morgan fingerprint density at radius 2 is 2.37 bits per heavy atom. The molecule has 0 saturated heterocycles. The van der Waals surface area contributed by atoms with E-state index in [1.165, 1.54) is 10.9 Å². The molecule has 1 N–H and O–H groups in total. The van der Waals surface area contributed by atoms with E-state index in [9.17, 15) is 4.79 Å². The maximum atomic E-state index is 10.6. The van der Waals surface area contributed by atoms with Gasteiger partial charge in [-0.15, -0.1) is 16.9 Å². The summed E-state index contributed by atoms with van der Waals surface area (Å²) in [6, 6.07) is 7.77. The quantitative estimate of drug-likeness (QED) is 0.812. The summed E-state index contributed by atoms with van der Waals surface area (Å²) in [7, 11) is 1.63. The van der Waals surface area contributed by atoms with E-state index in [0.29, 0.717) is 6.54 Å². The summed E-state index contributed by atoms with van der Waals surface area (Å²) in [6.45, 7) is 0.599. The normalized spacial score (nSPS) is 10.4. The van der Waals surface area contributed by atoms with Crippen LogP contribution in [0.25, 0.3) is 0 Å². The number of aromatic nitrogens is 3. The Bertz CT molecular complexity index is 571. The fraction of sp³-hybridized carbons (Fsp3) is 0.250. The van der Waals surface area contributed by atoms with Crippen molar-refractivity contribution >= 4 is 17.7 Å². The van der Waals surface area contributed by atoms with Gasteiger partial charge in [-0.25, -0.2) is 4.79 Å². The van der Waals surface area contributed by atoms with Crippen molar-refractivity contribution in [2.45, 2.75) is 11.4 Å². The van der Waals surface area contributed by atoms with Crippen molar-refractivity contribution in [3.8, 4) is 5.75 Å². The van der Waals surface area contributed by atoms with E-state index in [0.717, 1.165) is 16.4 Å². The highest BCUT2D eigenvalue weighted by Crippen LogP contribution is 2.22. The lowest BCUT2D eigenvalue weighted by Crippen LogP contribution is -2.01. The first-order valence-electron chi connectivity index (χ1n) is 5.59. The number of rotatable bonds is 6.